The second-order valence-electron chi connectivity index (χ2n) is 7.36. The van der Waals surface area contributed by atoms with E-state index < -0.39 is 0 Å². The van der Waals surface area contributed by atoms with Crippen LogP contribution < -0.4 is 0 Å². The van der Waals surface area contributed by atoms with Gasteiger partial charge in [0.15, 0.2) is 0 Å². The van der Waals surface area contributed by atoms with Crippen molar-refractivity contribution in [3.63, 3.8) is 0 Å². The standard InChI is InChI=1S/C18H22O2/c1-12-2-4-16(5-3-12)17(19)20-18-9-13-6-14(10-18)8-15(7-13)11-18/h2-5,13-15H,6-11H2,1H3. The van der Waals surface area contributed by atoms with Gasteiger partial charge in [-0.05, 0) is 75.3 Å². The molecule has 0 unspecified atom stereocenters. The Balaban J connectivity index is 1.53. The Hall–Kier alpha value is -1.31. The van der Waals surface area contributed by atoms with Gasteiger partial charge < -0.3 is 4.74 Å². The van der Waals surface area contributed by atoms with Gasteiger partial charge in [0.25, 0.3) is 0 Å². The fraction of sp³-hybridized carbons (Fsp3) is 0.611. The molecule has 1 aromatic carbocycles. The van der Waals surface area contributed by atoms with Crippen LogP contribution in [-0.2, 0) is 4.74 Å². The van der Waals surface area contributed by atoms with Gasteiger partial charge in [0.2, 0.25) is 0 Å². The molecule has 20 heavy (non-hydrogen) atoms. The molecule has 106 valence electrons. The average Bonchev–Trinajstić information content (AvgIpc) is 2.37. The molecule has 0 spiro atoms. The molecule has 0 atom stereocenters. The minimum atomic E-state index is -0.128. The Morgan fingerprint density at radius 1 is 1.00 bits per heavy atom. The zero-order chi connectivity index (χ0) is 13.7. The van der Waals surface area contributed by atoms with Crippen molar-refractivity contribution in [3.8, 4) is 0 Å². The van der Waals surface area contributed by atoms with E-state index in [9.17, 15) is 4.79 Å². The third-order valence-corrected chi connectivity index (χ3v) is 5.58. The molecule has 2 nitrogen and oxygen atoms in total. The van der Waals surface area contributed by atoms with Gasteiger partial charge in [-0.15, -0.1) is 0 Å². The molecule has 4 fully saturated rings. The monoisotopic (exact) mass is 270 g/mol. The Kier molecular flexibility index (Phi) is 2.70. The van der Waals surface area contributed by atoms with Crippen molar-refractivity contribution >= 4 is 5.97 Å². The van der Waals surface area contributed by atoms with E-state index in [1.165, 1.54) is 24.8 Å². The van der Waals surface area contributed by atoms with Crippen LogP contribution in [0.25, 0.3) is 0 Å². The van der Waals surface area contributed by atoms with Crippen molar-refractivity contribution in [2.24, 2.45) is 17.8 Å². The number of esters is 1. The van der Waals surface area contributed by atoms with Gasteiger partial charge >= 0.3 is 5.97 Å². The van der Waals surface area contributed by atoms with Crippen molar-refractivity contribution < 1.29 is 9.53 Å². The molecule has 0 N–H and O–H groups in total. The Bertz CT molecular complexity index is 494. The zero-order valence-electron chi connectivity index (χ0n) is 12.1. The third kappa shape index (κ3) is 2.06. The van der Waals surface area contributed by atoms with Crippen molar-refractivity contribution in [1.29, 1.82) is 0 Å². The van der Waals surface area contributed by atoms with Gasteiger partial charge in [0, 0.05) is 0 Å². The highest BCUT2D eigenvalue weighted by molar-refractivity contribution is 5.89. The fourth-order valence-corrected chi connectivity index (χ4v) is 5.10. The molecule has 2 heteroatoms. The maximum atomic E-state index is 12.4. The summed E-state index contributed by atoms with van der Waals surface area (Å²) < 4.78 is 6.04. The highest BCUT2D eigenvalue weighted by atomic mass is 16.6. The largest absolute Gasteiger partial charge is 0.455 e. The summed E-state index contributed by atoms with van der Waals surface area (Å²) in [6.45, 7) is 2.04. The summed E-state index contributed by atoms with van der Waals surface area (Å²) in [7, 11) is 0. The number of hydrogen-bond donors (Lipinski definition) is 0. The number of ether oxygens (including phenoxy) is 1. The molecule has 4 saturated carbocycles. The number of aryl methyl sites for hydroxylation is 1. The van der Waals surface area contributed by atoms with Crippen LogP contribution in [0.5, 0.6) is 0 Å². The quantitative estimate of drug-likeness (QED) is 0.756. The Morgan fingerprint density at radius 2 is 1.50 bits per heavy atom. The van der Waals surface area contributed by atoms with Gasteiger partial charge in [0.1, 0.15) is 5.60 Å². The number of carbonyl (C=O) groups is 1. The zero-order valence-corrected chi connectivity index (χ0v) is 12.1. The maximum Gasteiger partial charge on any atom is 0.338 e. The second kappa shape index (κ2) is 4.34. The number of rotatable bonds is 2. The lowest BCUT2D eigenvalue weighted by Crippen LogP contribution is -2.52. The van der Waals surface area contributed by atoms with Crippen LogP contribution in [0.4, 0.5) is 0 Å². The highest BCUT2D eigenvalue weighted by Gasteiger charge is 2.53. The molecule has 4 bridgehead atoms. The van der Waals surface area contributed by atoms with E-state index in [1.54, 1.807) is 0 Å². The molecule has 0 aliphatic heterocycles. The van der Waals surface area contributed by atoms with Crippen molar-refractivity contribution in [2.75, 3.05) is 0 Å². The average molecular weight is 270 g/mol. The van der Waals surface area contributed by atoms with E-state index in [4.69, 9.17) is 4.74 Å². The summed E-state index contributed by atoms with van der Waals surface area (Å²) in [4.78, 5) is 12.4. The Morgan fingerprint density at radius 3 is 2.00 bits per heavy atom. The lowest BCUT2D eigenvalue weighted by atomic mass is 9.54. The molecule has 0 saturated heterocycles. The summed E-state index contributed by atoms with van der Waals surface area (Å²) in [6, 6.07) is 7.74. The molecule has 4 aliphatic rings. The molecule has 1 aromatic rings. The summed E-state index contributed by atoms with van der Waals surface area (Å²) in [5.41, 5.74) is 1.75. The summed E-state index contributed by atoms with van der Waals surface area (Å²) in [6.07, 6.45) is 7.45. The third-order valence-electron chi connectivity index (χ3n) is 5.58. The normalized spacial score (nSPS) is 38.0. The lowest BCUT2D eigenvalue weighted by molar-refractivity contribution is -0.131. The van der Waals surface area contributed by atoms with Crippen LogP contribution in [0.1, 0.15) is 54.4 Å². The Labute approximate surface area is 120 Å². The first-order valence-corrected chi connectivity index (χ1v) is 7.92. The van der Waals surface area contributed by atoms with E-state index in [0.717, 1.165) is 37.0 Å². The number of hydrogen-bond acceptors (Lipinski definition) is 2. The van der Waals surface area contributed by atoms with E-state index >= 15 is 0 Å². The minimum Gasteiger partial charge on any atom is -0.455 e. The van der Waals surface area contributed by atoms with Crippen molar-refractivity contribution in [1.82, 2.24) is 0 Å². The van der Waals surface area contributed by atoms with Gasteiger partial charge in [-0.1, -0.05) is 17.7 Å². The predicted molar refractivity (Wildman–Crippen MR) is 77.5 cm³/mol. The number of carbonyl (C=O) groups excluding carboxylic acids is 1. The molecule has 0 aromatic heterocycles. The summed E-state index contributed by atoms with van der Waals surface area (Å²) >= 11 is 0. The van der Waals surface area contributed by atoms with Gasteiger partial charge in [0.05, 0.1) is 5.56 Å². The van der Waals surface area contributed by atoms with Crippen LogP contribution in [-0.4, -0.2) is 11.6 Å². The summed E-state index contributed by atoms with van der Waals surface area (Å²) in [5, 5.41) is 0. The fourth-order valence-electron chi connectivity index (χ4n) is 5.10. The first-order chi connectivity index (χ1) is 9.62. The van der Waals surface area contributed by atoms with E-state index in [-0.39, 0.29) is 11.6 Å². The van der Waals surface area contributed by atoms with E-state index in [1.807, 2.05) is 31.2 Å². The number of benzene rings is 1. The van der Waals surface area contributed by atoms with Gasteiger partial charge in [-0.3, -0.25) is 0 Å². The first-order valence-electron chi connectivity index (χ1n) is 7.92. The van der Waals surface area contributed by atoms with Crippen LogP contribution in [0.3, 0.4) is 0 Å². The van der Waals surface area contributed by atoms with Gasteiger partial charge in [-0.25, -0.2) is 4.79 Å². The van der Waals surface area contributed by atoms with Crippen LogP contribution in [0.2, 0.25) is 0 Å². The molecule has 0 heterocycles. The maximum absolute atomic E-state index is 12.4. The second-order valence-corrected chi connectivity index (χ2v) is 7.36. The first kappa shape index (κ1) is 12.4. The van der Waals surface area contributed by atoms with Crippen LogP contribution in [0.15, 0.2) is 24.3 Å². The molecule has 5 rings (SSSR count). The van der Waals surface area contributed by atoms with Crippen LogP contribution >= 0.6 is 0 Å². The smallest absolute Gasteiger partial charge is 0.338 e. The van der Waals surface area contributed by atoms with Crippen molar-refractivity contribution in [2.45, 2.75) is 51.0 Å². The molecular formula is C18H22O2. The molecule has 0 radical (unpaired) electrons. The highest BCUT2D eigenvalue weighted by Crippen LogP contribution is 2.57. The molecule has 0 amide bonds. The molecular weight excluding hydrogens is 248 g/mol. The van der Waals surface area contributed by atoms with E-state index in [2.05, 4.69) is 0 Å². The lowest BCUT2D eigenvalue weighted by Gasteiger charge is -2.55. The topological polar surface area (TPSA) is 26.3 Å². The van der Waals surface area contributed by atoms with Gasteiger partial charge in [-0.2, -0.15) is 0 Å². The van der Waals surface area contributed by atoms with E-state index in [0.29, 0.717) is 5.56 Å². The predicted octanol–water partition coefficient (Wildman–Crippen LogP) is 4.12. The van der Waals surface area contributed by atoms with Crippen molar-refractivity contribution in [3.05, 3.63) is 35.4 Å². The van der Waals surface area contributed by atoms with Crippen LogP contribution in [0, 0.1) is 24.7 Å². The molecule has 4 aliphatic carbocycles. The SMILES string of the molecule is Cc1ccc(C(=O)OC23CC4CC(CC(C4)C2)C3)cc1. The minimum absolute atomic E-state index is 0.119. The summed E-state index contributed by atoms with van der Waals surface area (Å²) in [5.74, 6) is 2.32.